The molecule has 6 nitrogen and oxygen atoms in total. The molecule has 0 aliphatic heterocycles. The van der Waals surface area contributed by atoms with E-state index in [1.165, 1.54) is 12.8 Å². The zero-order chi connectivity index (χ0) is 15.1. The summed E-state index contributed by atoms with van der Waals surface area (Å²) in [5.41, 5.74) is 1.87. The minimum atomic E-state index is 0.492. The van der Waals surface area contributed by atoms with Crippen molar-refractivity contribution in [2.24, 2.45) is 0 Å². The fourth-order valence-electron chi connectivity index (χ4n) is 2.49. The van der Waals surface area contributed by atoms with Gasteiger partial charge in [-0.3, -0.25) is 4.90 Å². The Morgan fingerprint density at radius 2 is 2.18 bits per heavy atom. The molecule has 2 aromatic heterocycles. The summed E-state index contributed by atoms with van der Waals surface area (Å²) in [6, 6.07) is 5.64. The van der Waals surface area contributed by atoms with Gasteiger partial charge in [0.15, 0.2) is 5.82 Å². The van der Waals surface area contributed by atoms with E-state index in [0.717, 1.165) is 28.6 Å². The Labute approximate surface area is 132 Å². The van der Waals surface area contributed by atoms with Crippen molar-refractivity contribution in [1.29, 1.82) is 0 Å². The van der Waals surface area contributed by atoms with Gasteiger partial charge in [0.25, 0.3) is 0 Å². The molecule has 0 atom stereocenters. The Kier molecular flexibility index (Phi) is 3.35. The standard InChI is InChI=1S/C15H16ClN5O/c1-21(8-14-19-15(22-20-14)9-2-3-9)7-13-17-11-5-4-10(16)6-12(11)18-13/h4-6,9H,2-3,7-8H2,1H3,(H,17,18). The zero-order valence-corrected chi connectivity index (χ0v) is 13.0. The molecule has 2 heterocycles. The molecule has 114 valence electrons. The monoisotopic (exact) mass is 317 g/mol. The maximum Gasteiger partial charge on any atom is 0.229 e. The molecule has 22 heavy (non-hydrogen) atoms. The summed E-state index contributed by atoms with van der Waals surface area (Å²) >= 11 is 5.99. The molecule has 1 saturated carbocycles. The van der Waals surface area contributed by atoms with E-state index >= 15 is 0 Å². The van der Waals surface area contributed by atoms with Crippen LogP contribution in [0.25, 0.3) is 11.0 Å². The number of hydrogen-bond acceptors (Lipinski definition) is 5. The fraction of sp³-hybridized carbons (Fsp3) is 0.400. The minimum Gasteiger partial charge on any atom is -0.341 e. The van der Waals surface area contributed by atoms with Crippen LogP contribution in [0, 0.1) is 0 Å². The average Bonchev–Trinajstić information content (AvgIpc) is 3.10. The number of imidazole rings is 1. The summed E-state index contributed by atoms with van der Waals surface area (Å²) < 4.78 is 5.27. The highest BCUT2D eigenvalue weighted by Crippen LogP contribution is 2.38. The lowest BCUT2D eigenvalue weighted by Crippen LogP contribution is -2.18. The van der Waals surface area contributed by atoms with Gasteiger partial charge >= 0.3 is 0 Å². The number of H-pyrrole nitrogens is 1. The number of fused-ring (bicyclic) bond motifs is 1. The maximum absolute atomic E-state index is 5.99. The van der Waals surface area contributed by atoms with E-state index < -0.39 is 0 Å². The molecular weight excluding hydrogens is 302 g/mol. The highest BCUT2D eigenvalue weighted by atomic mass is 35.5. The quantitative estimate of drug-likeness (QED) is 0.783. The lowest BCUT2D eigenvalue weighted by atomic mass is 10.3. The third kappa shape index (κ3) is 2.84. The van der Waals surface area contributed by atoms with Crippen molar-refractivity contribution in [2.45, 2.75) is 31.8 Å². The van der Waals surface area contributed by atoms with Crippen molar-refractivity contribution < 1.29 is 4.52 Å². The first-order valence-electron chi connectivity index (χ1n) is 7.32. The lowest BCUT2D eigenvalue weighted by molar-refractivity contribution is 0.294. The van der Waals surface area contributed by atoms with Crippen LogP contribution in [0.4, 0.5) is 0 Å². The molecule has 4 rings (SSSR count). The summed E-state index contributed by atoms with van der Waals surface area (Å²) in [5.74, 6) is 2.89. The van der Waals surface area contributed by atoms with Gasteiger partial charge in [0, 0.05) is 10.9 Å². The average molecular weight is 318 g/mol. The van der Waals surface area contributed by atoms with Crippen LogP contribution >= 0.6 is 11.6 Å². The van der Waals surface area contributed by atoms with Crippen LogP contribution in [0.5, 0.6) is 0 Å². The van der Waals surface area contributed by atoms with Crippen LogP contribution in [-0.4, -0.2) is 32.1 Å². The molecule has 1 aromatic carbocycles. The molecule has 0 unspecified atom stereocenters. The second-order valence-corrected chi connectivity index (χ2v) is 6.28. The molecule has 1 aliphatic carbocycles. The summed E-state index contributed by atoms with van der Waals surface area (Å²) in [7, 11) is 2.01. The van der Waals surface area contributed by atoms with Crippen molar-refractivity contribution in [2.75, 3.05) is 7.05 Å². The van der Waals surface area contributed by atoms with Crippen LogP contribution in [-0.2, 0) is 13.1 Å². The van der Waals surface area contributed by atoms with E-state index in [-0.39, 0.29) is 0 Å². The number of hydrogen-bond donors (Lipinski definition) is 1. The molecule has 7 heteroatoms. The van der Waals surface area contributed by atoms with Gasteiger partial charge in [0.05, 0.1) is 24.1 Å². The van der Waals surface area contributed by atoms with Crippen molar-refractivity contribution >= 4 is 22.6 Å². The summed E-state index contributed by atoms with van der Waals surface area (Å²) in [4.78, 5) is 14.4. The number of rotatable bonds is 5. The molecule has 1 fully saturated rings. The predicted molar refractivity (Wildman–Crippen MR) is 82.5 cm³/mol. The molecule has 0 bridgehead atoms. The van der Waals surface area contributed by atoms with Crippen molar-refractivity contribution in [3.63, 3.8) is 0 Å². The molecule has 0 amide bonds. The molecular formula is C15H16ClN5O. The van der Waals surface area contributed by atoms with Crippen LogP contribution in [0.15, 0.2) is 22.7 Å². The predicted octanol–water partition coefficient (Wildman–Crippen LogP) is 3.11. The Balaban J connectivity index is 1.44. The number of benzene rings is 1. The maximum atomic E-state index is 5.99. The van der Waals surface area contributed by atoms with E-state index in [1.807, 2.05) is 25.2 Å². The van der Waals surface area contributed by atoms with Gasteiger partial charge in [-0.25, -0.2) is 4.98 Å². The number of nitrogens with one attached hydrogen (secondary N) is 1. The van der Waals surface area contributed by atoms with Crippen LogP contribution in [0.1, 0.15) is 36.3 Å². The zero-order valence-electron chi connectivity index (χ0n) is 12.2. The van der Waals surface area contributed by atoms with Crippen molar-refractivity contribution in [3.05, 3.63) is 40.8 Å². The van der Waals surface area contributed by atoms with Crippen LogP contribution < -0.4 is 0 Å². The molecule has 0 spiro atoms. The van der Waals surface area contributed by atoms with Gasteiger partial charge in [-0.15, -0.1) is 0 Å². The van der Waals surface area contributed by atoms with Gasteiger partial charge in [-0.05, 0) is 38.1 Å². The number of aromatic nitrogens is 4. The largest absolute Gasteiger partial charge is 0.341 e. The molecule has 1 N–H and O–H groups in total. The van der Waals surface area contributed by atoms with E-state index in [4.69, 9.17) is 16.1 Å². The molecule has 0 saturated heterocycles. The number of aromatic amines is 1. The normalized spacial score (nSPS) is 15.0. The van der Waals surface area contributed by atoms with Gasteiger partial charge in [0.2, 0.25) is 5.89 Å². The Morgan fingerprint density at radius 1 is 1.32 bits per heavy atom. The second-order valence-electron chi connectivity index (χ2n) is 5.84. The third-order valence-electron chi connectivity index (χ3n) is 3.73. The van der Waals surface area contributed by atoms with Gasteiger partial charge < -0.3 is 9.51 Å². The van der Waals surface area contributed by atoms with E-state index in [1.54, 1.807) is 0 Å². The third-order valence-corrected chi connectivity index (χ3v) is 3.97. The van der Waals surface area contributed by atoms with Crippen molar-refractivity contribution in [1.82, 2.24) is 25.0 Å². The number of nitrogens with zero attached hydrogens (tertiary/aromatic N) is 4. The van der Waals surface area contributed by atoms with Gasteiger partial charge in [-0.1, -0.05) is 16.8 Å². The first-order chi connectivity index (χ1) is 10.7. The summed E-state index contributed by atoms with van der Waals surface area (Å²) in [6.07, 6.45) is 2.33. The Morgan fingerprint density at radius 3 is 3.00 bits per heavy atom. The van der Waals surface area contributed by atoms with E-state index in [0.29, 0.717) is 24.0 Å². The molecule has 0 radical (unpaired) electrons. The first-order valence-corrected chi connectivity index (χ1v) is 7.70. The smallest absolute Gasteiger partial charge is 0.229 e. The highest BCUT2D eigenvalue weighted by Gasteiger charge is 2.29. The Bertz CT molecular complexity index is 807. The van der Waals surface area contributed by atoms with Gasteiger partial charge in [-0.2, -0.15) is 4.98 Å². The summed E-state index contributed by atoms with van der Waals surface area (Å²) in [5, 5.41) is 4.74. The van der Waals surface area contributed by atoms with Gasteiger partial charge in [0.1, 0.15) is 5.82 Å². The fourth-order valence-corrected chi connectivity index (χ4v) is 2.66. The highest BCUT2D eigenvalue weighted by molar-refractivity contribution is 6.31. The summed E-state index contributed by atoms with van der Waals surface area (Å²) in [6.45, 7) is 1.31. The minimum absolute atomic E-state index is 0.492. The molecule has 1 aliphatic rings. The Hall–Kier alpha value is -1.92. The SMILES string of the molecule is CN(Cc1noc(C2CC2)n1)Cc1nc2ccc(Cl)cc2[nH]1. The van der Waals surface area contributed by atoms with E-state index in [9.17, 15) is 0 Å². The topological polar surface area (TPSA) is 70.8 Å². The second kappa shape index (κ2) is 5.37. The number of halogens is 1. The van der Waals surface area contributed by atoms with Crippen molar-refractivity contribution in [3.8, 4) is 0 Å². The van der Waals surface area contributed by atoms with E-state index in [2.05, 4.69) is 25.0 Å². The molecule has 3 aromatic rings. The van der Waals surface area contributed by atoms with Crippen LogP contribution in [0.2, 0.25) is 5.02 Å². The lowest BCUT2D eigenvalue weighted by Gasteiger charge is -2.11. The van der Waals surface area contributed by atoms with Crippen LogP contribution in [0.3, 0.4) is 0 Å². The first kappa shape index (κ1) is 13.7.